The van der Waals surface area contributed by atoms with Crippen LogP contribution in [0.5, 0.6) is 0 Å². The number of ether oxygens (including phenoxy) is 1. The summed E-state index contributed by atoms with van der Waals surface area (Å²) in [5.41, 5.74) is 0.860. The molecule has 0 heterocycles. The topological polar surface area (TPSA) is 29.5 Å². The molecule has 1 atom stereocenters. The third-order valence-electron chi connectivity index (χ3n) is 2.59. The maximum Gasteiger partial charge on any atom is 0.123 e. The average molecular weight is 226 g/mol. The molecule has 1 aromatic rings. The highest BCUT2D eigenvalue weighted by atomic mass is 19.1. The second kappa shape index (κ2) is 7.36. The molecule has 0 radical (unpaired) electrons. The molecular formula is C13H19FO2. The van der Waals surface area contributed by atoms with E-state index in [1.165, 1.54) is 12.1 Å². The van der Waals surface area contributed by atoms with E-state index in [-0.39, 0.29) is 18.3 Å². The largest absolute Gasteiger partial charge is 0.396 e. The fourth-order valence-electron chi connectivity index (χ4n) is 1.70. The smallest absolute Gasteiger partial charge is 0.123 e. The predicted octanol–water partition coefficient (Wildman–Crippen LogP) is 2.72. The van der Waals surface area contributed by atoms with Crippen molar-refractivity contribution in [3.05, 3.63) is 35.6 Å². The summed E-state index contributed by atoms with van der Waals surface area (Å²) in [6, 6.07) is 6.43. The van der Waals surface area contributed by atoms with E-state index >= 15 is 0 Å². The molecule has 1 N–H and O–H groups in total. The van der Waals surface area contributed by atoms with Crippen molar-refractivity contribution in [3.8, 4) is 0 Å². The van der Waals surface area contributed by atoms with Crippen LogP contribution < -0.4 is 0 Å². The summed E-state index contributed by atoms with van der Waals surface area (Å²) in [7, 11) is 0. The Labute approximate surface area is 96.1 Å². The van der Waals surface area contributed by atoms with Crippen LogP contribution in [0.1, 0.15) is 31.2 Å². The summed E-state index contributed by atoms with van der Waals surface area (Å²) in [4.78, 5) is 0. The summed E-state index contributed by atoms with van der Waals surface area (Å²) >= 11 is 0. The van der Waals surface area contributed by atoms with E-state index in [0.717, 1.165) is 18.4 Å². The number of hydrogen-bond donors (Lipinski definition) is 1. The lowest BCUT2D eigenvalue weighted by Crippen LogP contribution is -2.06. The number of hydrogen-bond acceptors (Lipinski definition) is 2. The molecule has 90 valence electrons. The normalized spacial score (nSPS) is 12.7. The Morgan fingerprint density at radius 3 is 2.88 bits per heavy atom. The van der Waals surface area contributed by atoms with E-state index in [2.05, 4.69) is 0 Å². The van der Waals surface area contributed by atoms with E-state index in [4.69, 9.17) is 4.74 Å². The molecule has 0 aliphatic heterocycles. The summed E-state index contributed by atoms with van der Waals surface area (Å²) in [6.07, 6.45) is 1.70. The number of rotatable bonds is 7. The minimum atomic E-state index is -0.249. The quantitative estimate of drug-likeness (QED) is 0.724. The Morgan fingerprint density at radius 1 is 1.44 bits per heavy atom. The molecule has 0 aromatic heterocycles. The summed E-state index contributed by atoms with van der Waals surface area (Å²) in [6.45, 7) is 3.41. The Balaban J connectivity index is 2.47. The minimum Gasteiger partial charge on any atom is -0.396 e. The van der Waals surface area contributed by atoms with Crippen molar-refractivity contribution < 1.29 is 14.2 Å². The van der Waals surface area contributed by atoms with Gasteiger partial charge in [-0.05, 0) is 37.5 Å². The number of aliphatic hydroxyl groups excluding tert-OH is 1. The van der Waals surface area contributed by atoms with Gasteiger partial charge in [0.1, 0.15) is 5.82 Å². The van der Waals surface area contributed by atoms with Gasteiger partial charge in [0, 0.05) is 25.7 Å². The van der Waals surface area contributed by atoms with Gasteiger partial charge in [0.2, 0.25) is 0 Å². The fraction of sp³-hybridized carbons (Fsp3) is 0.538. The molecule has 0 saturated carbocycles. The van der Waals surface area contributed by atoms with Gasteiger partial charge in [-0.15, -0.1) is 0 Å². The molecule has 0 aliphatic rings. The van der Waals surface area contributed by atoms with Gasteiger partial charge in [0.25, 0.3) is 0 Å². The van der Waals surface area contributed by atoms with Crippen LogP contribution in [0.4, 0.5) is 4.39 Å². The Bertz CT molecular complexity index is 302. The number of benzene rings is 1. The highest BCUT2D eigenvalue weighted by Gasteiger charge is 2.10. The molecule has 1 aromatic carbocycles. The highest BCUT2D eigenvalue weighted by Crippen LogP contribution is 2.21. The van der Waals surface area contributed by atoms with Crippen LogP contribution in [0.25, 0.3) is 0 Å². The first-order valence-electron chi connectivity index (χ1n) is 5.72. The van der Waals surface area contributed by atoms with Gasteiger partial charge in [-0.3, -0.25) is 0 Å². The van der Waals surface area contributed by atoms with Gasteiger partial charge >= 0.3 is 0 Å². The van der Waals surface area contributed by atoms with Crippen LogP contribution >= 0.6 is 0 Å². The second-order valence-electron chi connectivity index (χ2n) is 3.77. The Hall–Kier alpha value is -0.930. The molecule has 0 aliphatic carbocycles. The molecule has 2 nitrogen and oxygen atoms in total. The van der Waals surface area contributed by atoms with Gasteiger partial charge in [-0.2, -0.15) is 0 Å². The molecule has 0 amide bonds. The third kappa shape index (κ3) is 4.29. The lowest BCUT2D eigenvalue weighted by molar-refractivity contribution is 0.138. The van der Waals surface area contributed by atoms with E-state index in [9.17, 15) is 9.50 Å². The summed E-state index contributed by atoms with van der Waals surface area (Å²) in [5.74, 6) is -0.239. The molecule has 3 heteroatoms. The van der Waals surface area contributed by atoms with Crippen molar-refractivity contribution in [2.24, 2.45) is 0 Å². The average Bonchev–Trinajstić information content (AvgIpc) is 2.29. The predicted molar refractivity (Wildman–Crippen MR) is 62.0 cm³/mol. The molecular weight excluding hydrogens is 207 g/mol. The zero-order chi connectivity index (χ0) is 11.8. The van der Waals surface area contributed by atoms with Gasteiger partial charge in [0.15, 0.2) is 0 Å². The molecule has 0 spiro atoms. The van der Waals surface area contributed by atoms with E-state index in [1.54, 1.807) is 6.07 Å². The molecule has 0 saturated heterocycles. The molecule has 16 heavy (non-hydrogen) atoms. The molecule has 1 rings (SSSR count). The highest BCUT2D eigenvalue weighted by molar-refractivity contribution is 5.20. The summed E-state index contributed by atoms with van der Waals surface area (Å²) in [5, 5.41) is 9.26. The van der Waals surface area contributed by atoms with E-state index < -0.39 is 0 Å². The van der Waals surface area contributed by atoms with Gasteiger partial charge in [0.05, 0.1) is 0 Å². The van der Waals surface area contributed by atoms with Crippen LogP contribution in [0.3, 0.4) is 0 Å². The van der Waals surface area contributed by atoms with E-state index in [1.807, 2.05) is 13.0 Å². The van der Waals surface area contributed by atoms with Crippen LogP contribution in [-0.4, -0.2) is 24.9 Å². The van der Waals surface area contributed by atoms with Crippen LogP contribution in [0.2, 0.25) is 0 Å². The van der Waals surface area contributed by atoms with Crippen molar-refractivity contribution in [2.45, 2.75) is 25.7 Å². The minimum absolute atomic E-state index is 0.0103. The van der Waals surface area contributed by atoms with Crippen LogP contribution in [0, 0.1) is 5.82 Å². The standard InChI is InChI=1S/C13H19FO2/c1-2-16-8-4-6-12(10-15)11-5-3-7-13(14)9-11/h3,5,7,9,12,15H,2,4,6,8,10H2,1H3. The number of halogens is 1. The first kappa shape index (κ1) is 13.1. The van der Waals surface area contributed by atoms with Crippen LogP contribution in [0.15, 0.2) is 24.3 Å². The monoisotopic (exact) mass is 226 g/mol. The SMILES string of the molecule is CCOCCCC(CO)c1cccc(F)c1. The number of aliphatic hydroxyl groups is 1. The van der Waals surface area contributed by atoms with Crippen molar-refractivity contribution in [2.75, 3.05) is 19.8 Å². The maximum atomic E-state index is 13.0. The lowest BCUT2D eigenvalue weighted by atomic mass is 9.95. The van der Waals surface area contributed by atoms with Crippen molar-refractivity contribution >= 4 is 0 Å². The van der Waals surface area contributed by atoms with Crippen molar-refractivity contribution in [1.82, 2.24) is 0 Å². The van der Waals surface area contributed by atoms with Gasteiger partial charge in [-0.25, -0.2) is 4.39 Å². The van der Waals surface area contributed by atoms with E-state index in [0.29, 0.717) is 13.2 Å². The van der Waals surface area contributed by atoms with Gasteiger partial charge in [-0.1, -0.05) is 12.1 Å². The van der Waals surface area contributed by atoms with Crippen molar-refractivity contribution in [1.29, 1.82) is 0 Å². The maximum absolute atomic E-state index is 13.0. The zero-order valence-electron chi connectivity index (χ0n) is 9.66. The fourth-order valence-corrected chi connectivity index (χ4v) is 1.70. The summed E-state index contributed by atoms with van der Waals surface area (Å²) < 4.78 is 18.2. The lowest BCUT2D eigenvalue weighted by Gasteiger charge is -2.14. The Kier molecular flexibility index (Phi) is 6.04. The van der Waals surface area contributed by atoms with Crippen LogP contribution in [-0.2, 0) is 4.74 Å². The third-order valence-corrected chi connectivity index (χ3v) is 2.59. The van der Waals surface area contributed by atoms with Gasteiger partial charge < -0.3 is 9.84 Å². The molecule has 1 unspecified atom stereocenters. The Morgan fingerprint density at radius 2 is 2.25 bits per heavy atom. The van der Waals surface area contributed by atoms with Crippen molar-refractivity contribution in [3.63, 3.8) is 0 Å². The first-order chi connectivity index (χ1) is 7.77. The second-order valence-corrected chi connectivity index (χ2v) is 3.77. The zero-order valence-corrected chi connectivity index (χ0v) is 9.66. The first-order valence-corrected chi connectivity index (χ1v) is 5.72. The molecule has 0 bridgehead atoms. The molecule has 0 fully saturated rings.